The van der Waals surface area contributed by atoms with E-state index < -0.39 is 27.7 Å². The Morgan fingerprint density at radius 2 is 1.59 bits per heavy atom. The zero-order valence-corrected chi connectivity index (χ0v) is 18.5. The van der Waals surface area contributed by atoms with Gasteiger partial charge in [0.1, 0.15) is 22.3 Å². The topological polar surface area (TPSA) is 63.7 Å². The van der Waals surface area contributed by atoms with Crippen LogP contribution in [0.5, 0.6) is 5.75 Å². The third kappa shape index (κ3) is 5.31. The lowest BCUT2D eigenvalue weighted by Gasteiger charge is -2.29. The van der Waals surface area contributed by atoms with Crippen molar-refractivity contribution in [3.8, 4) is 5.75 Å². The van der Waals surface area contributed by atoms with E-state index >= 15 is 0 Å². The van der Waals surface area contributed by atoms with Crippen LogP contribution in [0, 0.1) is 11.6 Å². The van der Waals surface area contributed by atoms with Crippen LogP contribution in [-0.2, 0) is 16.7 Å². The van der Waals surface area contributed by atoms with Crippen molar-refractivity contribution in [2.45, 2.75) is 37.8 Å². The van der Waals surface area contributed by atoms with Crippen LogP contribution in [0.25, 0.3) is 0 Å². The van der Waals surface area contributed by atoms with E-state index in [9.17, 15) is 22.0 Å². The Bertz CT molecular complexity index is 1200. The zero-order valence-electron chi connectivity index (χ0n) is 17.7. The number of hydrogen-bond acceptors (Lipinski definition) is 4. The number of carbonyl (C=O) groups excluding carboxylic acids is 1. The first-order chi connectivity index (χ1) is 15.2. The van der Waals surface area contributed by atoms with Crippen LogP contribution in [0.1, 0.15) is 36.2 Å². The van der Waals surface area contributed by atoms with Gasteiger partial charge in [0.2, 0.25) is 0 Å². The van der Waals surface area contributed by atoms with Crippen molar-refractivity contribution >= 4 is 16.0 Å². The average Bonchev–Trinajstić information content (AvgIpc) is 2.78. The van der Waals surface area contributed by atoms with Gasteiger partial charge in [0.15, 0.2) is 0 Å². The lowest BCUT2D eigenvalue weighted by atomic mass is 10.1. The van der Waals surface area contributed by atoms with E-state index in [4.69, 9.17) is 4.18 Å². The van der Waals surface area contributed by atoms with Gasteiger partial charge in [0.05, 0.1) is 5.56 Å². The zero-order chi connectivity index (χ0) is 23.3. The second kappa shape index (κ2) is 9.91. The molecule has 1 atom stereocenters. The fourth-order valence-corrected chi connectivity index (χ4v) is 4.07. The summed E-state index contributed by atoms with van der Waals surface area (Å²) in [7, 11) is -4.22. The van der Waals surface area contributed by atoms with Crippen LogP contribution >= 0.6 is 0 Å². The van der Waals surface area contributed by atoms with Crippen LogP contribution in [-0.4, -0.2) is 25.3 Å². The molecule has 0 aliphatic rings. The number of hydrogen-bond donors (Lipinski definition) is 0. The molecule has 32 heavy (non-hydrogen) atoms. The molecular formula is C24H23F2NO4S. The molecule has 0 aromatic heterocycles. The monoisotopic (exact) mass is 459 g/mol. The normalized spacial score (nSPS) is 12.2. The van der Waals surface area contributed by atoms with Crippen molar-refractivity contribution < 1.29 is 26.2 Å². The van der Waals surface area contributed by atoms with Gasteiger partial charge in [-0.3, -0.25) is 4.79 Å². The van der Waals surface area contributed by atoms with E-state index in [0.29, 0.717) is 12.0 Å². The Morgan fingerprint density at radius 3 is 2.25 bits per heavy atom. The van der Waals surface area contributed by atoms with E-state index in [2.05, 4.69) is 0 Å². The Morgan fingerprint density at radius 1 is 0.969 bits per heavy atom. The van der Waals surface area contributed by atoms with Crippen molar-refractivity contribution in [3.63, 3.8) is 0 Å². The van der Waals surface area contributed by atoms with Crippen LogP contribution < -0.4 is 4.18 Å². The van der Waals surface area contributed by atoms with Crippen LogP contribution in [0.2, 0.25) is 0 Å². The maximum absolute atomic E-state index is 14.2. The molecule has 0 bridgehead atoms. The summed E-state index contributed by atoms with van der Waals surface area (Å²) in [6.07, 6.45) is 0.608. The Balaban J connectivity index is 1.93. The van der Waals surface area contributed by atoms with Gasteiger partial charge in [-0.1, -0.05) is 37.3 Å². The highest BCUT2D eigenvalue weighted by atomic mass is 32.2. The Labute approximate surface area is 186 Å². The molecular weight excluding hydrogens is 436 g/mol. The molecule has 3 aromatic rings. The van der Waals surface area contributed by atoms with Crippen LogP contribution in [0.15, 0.2) is 77.7 Å². The van der Waals surface area contributed by atoms with Crippen molar-refractivity contribution in [3.05, 3.63) is 95.6 Å². The first-order valence-corrected chi connectivity index (χ1v) is 11.5. The highest BCUT2D eigenvalue weighted by molar-refractivity contribution is 7.87. The van der Waals surface area contributed by atoms with Gasteiger partial charge in [-0.05, 0) is 55.8 Å². The smallest absolute Gasteiger partial charge is 0.339 e. The third-order valence-corrected chi connectivity index (χ3v) is 6.35. The average molecular weight is 460 g/mol. The number of halogens is 2. The summed E-state index contributed by atoms with van der Waals surface area (Å²) in [5.74, 6) is -1.67. The molecule has 0 N–H and O–H groups in total. The van der Waals surface area contributed by atoms with E-state index in [0.717, 1.165) is 24.3 Å². The molecule has 0 radical (unpaired) electrons. The number of carbonyl (C=O) groups is 1. The SMILES string of the molecule is CC[C@@H](C)N(Cc1ccccc1OS(=O)(=O)c1ccc(F)cc1)C(=O)c1ccccc1F. The second-order valence-electron chi connectivity index (χ2n) is 7.27. The Kier molecular flexibility index (Phi) is 7.25. The van der Waals surface area contributed by atoms with Gasteiger partial charge in [0.25, 0.3) is 5.91 Å². The van der Waals surface area contributed by atoms with Crippen molar-refractivity contribution in [1.82, 2.24) is 4.90 Å². The summed E-state index contributed by atoms with van der Waals surface area (Å²) in [4.78, 5) is 14.4. The summed E-state index contributed by atoms with van der Waals surface area (Å²) in [5.41, 5.74) is 0.369. The number of amides is 1. The minimum Gasteiger partial charge on any atom is -0.379 e. The molecule has 0 saturated carbocycles. The van der Waals surface area contributed by atoms with Gasteiger partial charge < -0.3 is 9.08 Å². The summed E-state index contributed by atoms with van der Waals surface area (Å²) in [6, 6.07) is 16.1. The number of nitrogens with zero attached hydrogens (tertiary/aromatic N) is 1. The third-order valence-electron chi connectivity index (χ3n) is 5.10. The summed E-state index contributed by atoms with van der Waals surface area (Å²) < 4.78 is 58.1. The highest BCUT2D eigenvalue weighted by Gasteiger charge is 2.25. The first kappa shape index (κ1) is 23.4. The summed E-state index contributed by atoms with van der Waals surface area (Å²) >= 11 is 0. The molecule has 1 amide bonds. The predicted molar refractivity (Wildman–Crippen MR) is 117 cm³/mol. The molecule has 5 nitrogen and oxygen atoms in total. The molecule has 0 unspecified atom stereocenters. The highest BCUT2D eigenvalue weighted by Crippen LogP contribution is 2.26. The van der Waals surface area contributed by atoms with Gasteiger partial charge in [-0.2, -0.15) is 8.42 Å². The van der Waals surface area contributed by atoms with Crippen LogP contribution in [0.3, 0.4) is 0 Å². The van der Waals surface area contributed by atoms with Crippen molar-refractivity contribution in [2.24, 2.45) is 0 Å². The van der Waals surface area contributed by atoms with Gasteiger partial charge >= 0.3 is 10.1 Å². The predicted octanol–water partition coefficient (Wildman–Crippen LogP) is 5.17. The molecule has 0 heterocycles. The quantitative estimate of drug-likeness (QED) is 0.436. The minimum absolute atomic E-state index is 0.0112. The maximum Gasteiger partial charge on any atom is 0.339 e. The second-order valence-corrected chi connectivity index (χ2v) is 8.82. The van der Waals surface area contributed by atoms with Gasteiger partial charge in [-0.25, -0.2) is 8.78 Å². The minimum atomic E-state index is -4.22. The largest absolute Gasteiger partial charge is 0.379 e. The molecule has 0 spiro atoms. The molecule has 3 aromatic carbocycles. The molecule has 0 aliphatic carbocycles. The standard InChI is InChI=1S/C24H23F2NO4S/c1-3-17(2)27(24(28)21-9-5-6-10-22(21)26)16-18-8-4-7-11-23(18)31-32(29,30)20-14-12-19(25)13-15-20/h4-15,17H,3,16H2,1-2H3/t17-/m1/s1. The molecule has 3 rings (SSSR count). The Hall–Kier alpha value is -3.26. The molecule has 8 heteroatoms. The van der Waals surface area contributed by atoms with E-state index in [1.807, 2.05) is 13.8 Å². The van der Waals surface area contributed by atoms with E-state index in [1.54, 1.807) is 24.3 Å². The maximum atomic E-state index is 14.2. The number of benzene rings is 3. The summed E-state index contributed by atoms with van der Waals surface area (Å²) in [5, 5.41) is 0. The summed E-state index contributed by atoms with van der Waals surface area (Å²) in [6.45, 7) is 3.74. The molecule has 0 fully saturated rings. The number of para-hydroxylation sites is 1. The lowest BCUT2D eigenvalue weighted by molar-refractivity contribution is 0.0666. The van der Waals surface area contributed by atoms with Gasteiger partial charge in [0, 0.05) is 18.2 Å². The first-order valence-electron chi connectivity index (χ1n) is 10.1. The van der Waals surface area contributed by atoms with Crippen LogP contribution in [0.4, 0.5) is 8.78 Å². The lowest BCUT2D eigenvalue weighted by Crippen LogP contribution is -2.38. The van der Waals surface area contributed by atoms with Crippen molar-refractivity contribution in [1.29, 1.82) is 0 Å². The van der Waals surface area contributed by atoms with Gasteiger partial charge in [-0.15, -0.1) is 0 Å². The van der Waals surface area contributed by atoms with Crippen molar-refractivity contribution in [2.75, 3.05) is 0 Å². The fraction of sp³-hybridized carbons (Fsp3) is 0.208. The molecule has 0 aliphatic heterocycles. The van der Waals surface area contributed by atoms with E-state index in [1.165, 1.54) is 29.2 Å². The van der Waals surface area contributed by atoms with E-state index in [-0.39, 0.29) is 28.8 Å². The molecule has 168 valence electrons. The fourth-order valence-electron chi connectivity index (χ4n) is 3.10. The number of rotatable bonds is 8. The molecule has 0 saturated heterocycles.